The van der Waals surface area contributed by atoms with E-state index in [2.05, 4.69) is 15.5 Å². The minimum absolute atomic E-state index is 0.117. The molecule has 3 aromatic rings. The number of carbonyl (C=O) groups is 2. The smallest absolute Gasteiger partial charge is 0.253 e. The molecule has 0 radical (unpaired) electrons. The Labute approximate surface area is 221 Å². The number of hydrogen-bond acceptors (Lipinski definition) is 8. The van der Waals surface area contributed by atoms with Gasteiger partial charge in [-0.25, -0.2) is 8.42 Å². The van der Waals surface area contributed by atoms with Crippen molar-refractivity contribution in [3.63, 3.8) is 0 Å². The maximum Gasteiger partial charge on any atom is 0.253 e. The molecule has 10 nitrogen and oxygen atoms in total. The summed E-state index contributed by atoms with van der Waals surface area (Å²) in [7, 11) is -2.02. The van der Waals surface area contributed by atoms with Gasteiger partial charge in [0.1, 0.15) is 5.75 Å². The Morgan fingerprint density at radius 2 is 1.74 bits per heavy atom. The van der Waals surface area contributed by atoms with E-state index < -0.39 is 15.1 Å². The first kappa shape index (κ1) is 25.7. The zero-order chi connectivity index (χ0) is 26.7. The predicted octanol–water partition coefficient (Wildman–Crippen LogP) is 2.64. The average Bonchev–Trinajstić information content (AvgIpc) is 2.93. The van der Waals surface area contributed by atoms with E-state index in [0.717, 1.165) is 5.82 Å². The topological polar surface area (TPSA) is 122 Å². The third-order valence-electron chi connectivity index (χ3n) is 7.07. The number of aromatic nitrogens is 2. The van der Waals surface area contributed by atoms with Crippen molar-refractivity contribution in [2.45, 2.75) is 23.0 Å². The van der Waals surface area contributed by atoms with Crippen molar-refractivity contribution >= 4 is 33.2 Å². The van der Waals surface area contributed by atoms with Crippen LogP contribution in [0.25, 0.3) is 0 Å². The monoisotopic (exact) mass is 535 g/mol. The summed E-state index contributed by atoms with van der Waals surface area (Å²) in [6.07, 6.45) is 2.33. The lowest BCUT2D eigenvalue weighted by molar-refractivity contribution is -0.120. The van der Waals surface area contributed by atoms with Crippen LogP contribution in [0.2, 0.25) is 0 Å². The number of likely N-dealkylation sites (tertiary alicyclic amines) is 1. The van der Waals surface area contributed by atoms with E-state index in [-0.39, 0.29) is 22.6 Å². The first-order valence-corrected chi connectivity index (χ1v) is 14.0. The highest BCUT2D eigenvalue weighted by atomic mass is 32.2. The molecule has 0 atom stereocenters. The van der Waals surface area contributed by atoms with E-state index in [4.69, 9.17) is 4.74 Å². The lowest BCUT2D eigenvalue weighted by Crippen LogP contribution is -2.52. The number of carbonyl (C=O) groups excluding carboxylic acids is 2. The summed E-state index contributed by atoms with van der Waals surface area (Å²) in [6, 6.07) is 16.9. The van der Waals surface area contributed by atoms with E-state index in [1.165, 1.54) is 12.1 Å². The van der Waals surface area contributed by atoms with Gasteiger partial charge >= 0.3 is 0 Å². The fraction of sp³-hybridized carbons (Fsp3) is 0.333. The number of methoxy groups -OCH3 is 1. The number of sulfone groups is 1. The summed E-state index contributed by atoms with van der Waals surface area (Å²) in [6.45, 7) is 1.83. The third kappa shape index (κ3) is 5.33. The Morgan fingerprint density at radius 1 is 1.00 bits per heavy atom. The second kappa shape index (κ2) is 10.8. The van der Waals surface area contributed by atoms with E-state index in [1.54, 1.807) is 60.7 Å². The van der Waals surface area contributed by atoms with Gasteiger partial charge in [-0.15, -0.1) is 5.10 Å². The Morgan fingerprint density at radius 3 is 2.39 bits per heavy atom. The Kier molecular flexibility index (Phi) is 7.28. The molecule has 5 rings (SSSR count). The number of hydrogen-bond donors (Lipinski definition) is 1. The second-order valence-electron chi connectivity index (χ2n) is 9.47. The average molecular weight is 536 g/mol. The zero-order valence-corrected chi connectivity index (χ0v) is 21.8. The SMILES string of the molecule is COc1cccc(C(=O)N2CCC(S(=O)(=O)c3ccc(NC(=O)C4CN(c5cccnn5)C4)cc3)CC2)c1. The van der Waals surface area contributed by atoms with Crippen molar-refractivity contribution in [3.8, 4) is 5.75 Å². The number of nitrogens with one attached hydrogen (secondary N) is 1. The molecule has 2 aliphatic heterocycles. The molecule has 1 N–H and O–H groups in total. The summed E-state index contributed by atoms with van der Waals surface area (Å²) in [4.78, 5) is 29.3. The van der Waals surface area contributed by atoms with E-state index in [0.29, 0.717) is 56.0 Å². The van der Waals surface area contributed by atoms with Gasteiger partial charge in [0.2, 0.25) is 5.91 Å². The summed E-state index contributed by atoms with van der Waals surface area (Å²) in [5, 5.41) is 10.2. The number of benzene rings is 2. The first-order chi connectivity index (χ1) is 18.3. The highest BCUT2D eigenvalue weighted by molar-refractivity contribution is 7.92. The summed E-state index contributed by atoms with van der Waals surface area (Å²) in [5.74, 6) is 0.913. The zero-order valence-electron chi connectivity index (χ0n) is 21.0. The Bertz CT molecular complexity index is 1400. The van der Waals surface area contributed by atoms with Crippen molar-refractivity contribution in [2.75, 3.05) is 43.5 Å². The first-order valence-electron chi connectivity index (χ1n) is 12.5. The maximum absolute atomic E-state index is 13.3. The van der Waals surface area contributed by atoms with Gasteiger partial charge in [0, 0.05) is 43.6 Å². The van der Waals surface area contributed by atoms with E-state index in [9.17, 15) is 18.0 Å². The lowest BCUT2D eigenvalue weighted by Gasteiger charge is -2.38. The molecular weight excluding hydrogens is 506 g/mol. The molecule has 38 heavy (non-hydrogen) atoms. The number of amides is 2. The molecule has 198 valence electrons. The highest BCUT2D eigenvalue weighted by Gasteiger charge is 2.35. The maximum atomic E-state index is 13.3. The molecular formula is C27H29N5O5S. The van der Waals surface area contributed by atoms with E-state index >= 15 is 0 Å². The third-order valence-corrected chi connectivity index (χ3v) is 9.35. The van der Waals surface area contributed by atoms with Gasteiger partial charge in [0.25, 0.3) is 5.91 Å². The molecule has 0 unspecified atom stereocenters. The molecule has 11 heteroatoms. The molecule has 2 aliphatic rings. The fourth-order valence-electron chi connectivity index (χ4n) is 4.77. The standard InChI is InChI=1S/C27H29N5O5S/c1-37-22-5-2-4-19(16-22)27(34)31-14-11-24(12-15-31)38(35,36)23-9-7-21(8-10-23)29-26(33)20-17-32(18-20)25-6-3-13-28-30-25/h2-10,13,16,20,24H,11-12,14-15,17-18H2,1H3,(H,29,33). The van der Waals surface area contributed by atoms with Gasteiger partial charge in [-0.05, 0) is 67.4 Å². The molecule has 3 heterocycles. The second-order valence-corrected chi connectivity index (χ2v) is 11.7. The van der Waals surface area contributed by atoms with Gasteiger partial charge in [-0.1, -0.05) is 6.07 Å². The van der Waals surface area contributed by atoms with Crippen LogP contribution in [0, 0.1) is 5.92 Å². The van der Waals surface area contributed by atoms with Gasteiger partial charge in [-0.2, -0.15) is 5.10 Å². The molecule has 2 aromatic carbocycles. The van der Waals surface area contributed by atoms with Crippen LogP contribution in [0.15, 0.2) is 71.8 Å². The molecule has 2 fully saturated rings. The van der Waals surface area contributed by atoms with Crippen LogP contribution in [0.5, 0.6) is 5.75 Å². The van der Waals surface area contributed by atoms with Crippen molar-refractivity contribution in [1.29, 1.82) is 0 Å². The molecule has 1 aromatic heterocycles. The minimum atomic E-state index is -3.57. The van der Waals surface area contributed by atoms with Crippen LogP contribution in [0.3, 0.4) is 0 Å². The van der Waals surface area contributed by atoms with Crippen LogP contribution in [-0.2, 0) is 14.6 Å². The van der Waals surface area contributed by atoms with Gasteiger partial charge in [-0.3, -0.25) is 9.59 Å². The van der Waals surface area contributed by atoms with E-state index in [1.807, 2.05) is 11.0 Å². The van der Waals surface area contributed by atoms with Crippen molar-refractivity contribution in [1.82, 2.24) is 15.1 Å². The molecule has 0 spiro atoms. The van der Waals surface area contributed by atoms with Gasteiger partial charge in [0.15, 0.2) is 15.7 Å². The fourth-order valence-corrected chi connectivity index (χ4v) is 6.50. The van der Waals surface area contributed by atoms with Crippen LogP contribution >= 0.6 is 0 Å². The van der Waals surface area contributed by atoms with Crippen LogP contribution in [0.1, 0.15) is 23.2 Å². The molecule has 2 amide bonds. The van der Waals surface area contributed by atoms with Gasteiger partial charge in [0.05, 0.1) is 23.2 Å². The van der Waals surface area contributed by atoms with Gasteiger partial charge < -0.3 is 19.9 Å². The molecule has 0 saturated carbocycles. The highest BCUT2D eigenvalue weighted by Crippen LogP contribution is 2.28. The predicted molar refractivity (Wildman–Crippen MR) is 142 cm³/mol. The number of anilines is 2. The van der Waals surface area contributed by atoms with Crippen molar-refractivity contribution < 1.29 is 22.7 Å². The summed E-state index contributed by atoms with van der Waals surface area (Å²) >= 11 is 0. The number of piperidine rings is 1. The van der Waals surface area contributed by atoms with Crippen LogP contribution in [0.4, 0.5) is 11.5 Å². The minimum Gasteiger partial charge on any atom is -0.497 e. The molecule has 0 aliphatic carbocycles. The normalized spacial score (nSPS) is 16.6. The van der Waals surface area contributed by atoms with Crippen LogP contribution in [-0.4, -0.2) is 73.9 Å². The number of rotatable bonds is 7. The summed E-state index contributed by atoms with van der Waals surface area (Å²) in [5.41, 5.74) is 1.07. The quantitative estimate of drug-likeness (QED) is 0.490. The largest absolute Gasteiger partial charge is 0.497 e. The molecule has 2 saturated heterocycles. The Hall–Kier alpha value is -3.99. The summed E-state index contributed by atoms with van der Waals surface area (Å²) < 4.78 is 31.7. The number of ether oxygens (including phenoxy) is 1. The Balaban J connectivity index is 1.14. The van der Waals surface area contributed by atoms with Crippen molar-refractivity contribution in [3.05, 3.63) is 72.4 Å². The number of nitrogens with zero attached hydrogens (tertiary/aromatic N) is 4. The lowest BCUT2D eigenvalue weighted by atomic mass is 9.99. The van der Waals surface area contributed by atoms with Crippen molar-refractivity contribution in [2.24, 2.45) is 5.92 Å². The van der Waals surface area contributed by atoms with Crippen LogP contribution < -0.4 is 15.0 Å². The molecule has 0 bridgehead atoms.